The van der Waals surface area contributed by atoms with Crippen molar-refractivity contribution in [2.24, 2.45) is 40.4 Å². The molecule has 0 heterocycles. The maximum atomic E-state index is 11.5. The average Bonchev–Trinajstić information content (AvgIpc) is 3.12. The highest BCUT2D eigenvalue weighted by Crippen LogP contribution is 2.67. The molecule has 0 bridgehead atoms. The number of methoxy groups -OCH3 is 1. The molecule has 0 aliphatic heterocycles. The zero-order valence-electron chi connectivity index (χ0n) is 21.4. The first-order valence-electron chi connectivity index (χ1n) is 13.6. The Hall–Kier alpha value is -0.530. The van der Waals surface area contributed by atoms with Crippen molar-refractivity contribution in [2.45, 2.75) is 125 Å². The van der Waals surface area contributed by atoms with Crippen LogP contribution in [0.4, 0.5) is 0 Å². The Morgan fingerprint density at radius 2 is 1.53 bits per heavy atom. The van der Waals surface area contributed by atoms with Gasteiger partial charge < -0.3 is 4.74 Å². The Balaban J connectivity index is 0.000000757. The van der Waals surface area contributed by atoms with Crippen molar-refractivity contribution in [3.8, 4) is 0 Å². The van der Waals surface area contributed by atoms with Crippen molar-refractivity contribution in [3.63, 3.8) is 0 Å². The van der Waals surface area contributed by atoms with E-state index >= 15 is 0 Å². The molecule has 4 fully saturated rings. The maximum absolute atomic E-state index is 11.5. The minimum Gasteiger partial charge on any atom is -0.469 e. The molecule has 0 aromatic carbocycles. The van der Waals surface area contributed by atoms with E-state index in [4.69, 9.17) is 4.74 Å². The van der Waals surface area contributed by atoms with Gasteiger partial charge in [0.15, 0.2) is 0 Å². The molecule has 4 aliphatic rings. The van der Waals surface area contributed by atoms with Gasteiger partial charge in [0, 0.05) is 6.42 Å². The highest BCUT2D eigenvalue weighted by molar-refractivity contribution is 5.68. The second-order valence-corrected chi connectivity index (χ2v) is 10.7. The van der Waals surface area contributed by atoms with Crippen LogP contribution in [0.5, 0.6) is 0 Å². The summed E-state index contributed by atoms with van der Waals surface area (Å²) in [6.45, 7) is 13.3. The Labute approximate surface area is 188 Å². The van der Waals surface area contributed by atoms with Crippen LogP contribution >= 0.6 is 0 Å². The van der Waals surface area contributed by atoms with Crippen molar-refractivity contribution in [1.82, 2.24) is 0 Å². The summed E-state index contributed by atoms with van der Waals surface area (Å²) < 4.78 is 4.84. The van der Waals surface area contributed by atoms with Gasteiger partial charge in [0.25, 0.3) is 0 Å². The quantitative estimate of drug-likeness (QED) is 0.426. The predicted molar refractivity (Wildman–Crippen MR) is 128 cm³/mol. The van der Waals surface area contributed by atoms with Gasteiger partial charge in [-0.1, -0.05) is 54.4 Å². The lowest BCUT2D eigenvalue weighted by atomic mass is 9.45. The molecule has 0 amide bonds. The molecule has 0 N–H and O–H groups in total. The number of hydrogen-bond donors (Lipinski definition) is 0. The summed E-state index contributed by atoms with van der Waals surface area (Å²) in [7, 11) is 1.51. The van der Waals surface area contributed by atoms with E-state index in [0.717, 1.165) is 36.0 Å². The van der Waals surface area contributed by atoms with Crippen LogP contribution in [0.1, 0.15) is 125 Å². The Bertz CT molecular complexity index is 529. The molecule has 7 atom stereocenters. The topological polar surface area (TPSA) is 26.3 Å². The summed E-state index contributed by atoms with van der Waals surface area (Å²) >= 11 is 0. The van der Waals surface area contributed by atoms with Crippen LogP contribution in [0, 0.1) is 40.4 Å². The lowest BCUT2D eigenvalue weighted by molar-refractivity contribution is -0.140. The minimum atomic E-state index is -0.0306. The van der Waals surface area contributed by atoms with Crippen LogP contribution in [0.25, 0.3) is 0 Å². The van der Waals surface area contributed by atoms with Gasteiger partial charge in [-0.05, 0) is 105 Å². The van der Waals surface area contributed by atoms with E-state index < -0.39 is 0 Å². The first-order valence-corrected chi connectivity index (χ1v) is 13.6. The highest BCUT2D eigenvalue weighted by atomic mass is 16.5. The molecule has 0 aromatic heterocycles. The van der Waals surface area contributed by atoms with Crippen LogP contribution in [0.15, 0.2) is 0 Å². The second-order valence-electron chi connectivity index (χ2n) is 10.7. The summed E-state index contributed by atoms with van der Waals surface area (Å²) in [5.74, 6) is 4.81. The summed E-state index contributed by atoms with van der Waals surface area (Å²) in [6, 6.07) is 0. The van der Waals surface area contributed by atoms with E-state index in [9.17, 15) is 4.79 Å². The van der Waals surface area contributed by atoms with E-state index in [1.807, 2.05) is 27.7 Å². The smallest absolute Gasteiger partial charge is 0.305 e. The highest BCUT2D eigenvalue weighted by Gasteiger charge is 2.59. The van der Waals surface area contributed by atoms with Crippen LogP contribution in [0.2, 0.25) is 0 Å². The SMILES string of the molecule is CC.CC.COC(=O)CCCC1CCC2[C@@H]3CCC4CCCCC4(C)C3CC[C@]12C. The lowest BCUT2D eigenvalue weighted by Gasteiger charge is -2.60. The fraction of sp³-hybridized carbons (Fsp3) is 0.964. The number of fused-ring (bicyclic) bond motifs is 5. The van der Waals surface area contributed by atoms with E-state index in [0.29, 0.717) is 17.3 Å². The van der Waals surface area contributed by atoms with Crippen molar-refractivity contribution in [3.05, 3.63) is 0 Å². The molecule has 0 radical (unpaired) electrons. The van der Waals surface area contributed by atoms with Crippen molar-refractivity contribution in [1.29, 1.82) is 0 Å². The first kappa shape index (κ1) is 25.7. The van der Waals surface area contributed by atoms with Gasteiger partial charge in [-0.15, -0.1) is 0 Å². The molecule has 0 aromatic rings. The fourth-order valence-electron chi connectivity index (χ4n) is 8.47. The molecule has 176 valence electrons. The third kappa shape index (κ3) is 4.78. The molecule has 4 aliphatic carbocycles. The Morgan fingerprint density at radius 1 is 0.833 bits per heavy atom. The molecule has 0 saturated heterocycles. The molecular weight excluding hydrogens is 368 g/mol. The zero-order valence-corrected chi connectivity index (χ0v) is 21.4. The van der Waals surface area contributed by atoms with Gasteiger partial charge in [0.2, 0.25) is 0 Å². The van der Waals surface area contributed by atoms with Crippen molar-refractivity contribution in [2.75, 3.05) is 7.11 Å². The summed E-state index contributed by atoms with van der Waals surface area (Å²) in [4.78, 5) is 11.5. The molecule has 2 heteroatoms. The molecule has 4 rings (SSSR count). The second kappa shape index (κ2) is 11.4. The first-order chi connectivity index (χ1) is 14.5. The molecule has 0 spiro atoms. The van der Waals surface area contributed by atoms with E-state index in [-0.39, 0.29) is 5.97 Å². The van der Waals surface area contributed by atoms with Gasteiger partial charge in [0.05, 0.1) is 7.11 Å². The molecule has 5 unspecified atom stereocenters. The minimum absolute atomic E-state index is 0.0306. The van der Waals surface area contributed by atoms with Gasteiger partial charge in [0.1, 0.15) is 0 Å². The van der Waals surface area contributed by atoms with Crippen LogP contribution in [-0.2, 0) is 9.53 Å². The third-order valence-electron chi connectivity index (χ3n) is 9.94. The summed E-state index contributed by atoms with van der Waals surface area (Å²) in [5, 5.41) is 0. The largest absolute Gasteiger partial charge is 0.469 e. The Morgan fingerprint density at radius 3 is 2.23 bits per heavy atom. The number of ether oxygens (including phenoxy) is 1. The van der Waals surface area contributed by atoms with Crippen LogP contribution in [0.3, 0.4) is 0 Å². The van der Waals surface area contributed by atoms with Crippen molar-refractivity contribution < 1.29 is 9.53 Å². The number of rotatable bonds is 4. The number of hydrogen-bond acceptors (Lipinski definition) is 2. The zero-order chi connectivity index (χ0) is 22.4. The molecule has 4 saturated carbocycles. The number of carbonyl (C=O) groups excluding carboxylic acids is 1. The maximum Gasteiger partial charge on any atom is 0.305 e. The summed E-state index contributed by atoms with van der Waals surface area (Å²) in [6.07, 6.45) is 17.7. The predicted octanol–water partition coefficient (Wildman–Crippen LogP) is 8.43. The molecule has 2 nitrogen and oxygen atoms in total. The fourth-order valence-corrected chi connectivity index (χ4v) is 8.47. The average molecular weight is 421 g/mol. The Kier molecular flexibility index (Phi) is 9.75. The van der Waals surface area contributed by atoms with Gasteiger partial charge in [-0.3, -0.25) is 4.79 Å². The summed E-state index contributed by atoms with van der Waals surface area (Å²) in [5.41, 5.74) is 1.21. The van der Waals surface area contributed by atoms with Gasteiger partial charge in [-0.25, -0.2) is 0 Å². The van der Waals surface area contributed by atoms with E-state index in [2.05, 4.69) is 13.8 Å². The monoisotopic (exact) mass is 420 g/mol. The normalized spacial score (nSPS) is 41.6. The van der Waals surface area contributed by atoms with Crippen molar-refractivity contribution >= 4 is 5.97 Å². The lowest BCUT2D eigenvalue weighted by Crippen LogP contribution is -2.52. The third-order valence-corrected chi connectivity index (χ3v) is 9.94. The van der Waals surface area contributed by atoms with Gasteiger partial charge in [-0.2, -0.15) is 0 Å². The van der Waals surface area contributed by atoms with Gasteiger partial charge >= 0.3 is 5.97 Å². The number of esters is 1. The van der Waals surface area contributed by atoms with Crippen LogP contribution < -0.4 is 0 Å². The molecular formula is C28H52O2. The standard InChI is InChI=1S/C24H40O2.2C2H6/c1-23-15-5-4-7-17(23)10-12-19-20-13-11-18(8-6-9-22(25)26-3)24(20,2)16-14-21(19)23;2*1-2/h17-21H,4-16H2,1-3H3;2*1-2H3/t17?,18?,19-,20?,21?,23?,24+;;/m0../s1. The van der Waals surface area contributed by atoms with Crippen LogP contribution in [-0.4, -0.2) is 13.1 Å². The van der Waals surface area contributed by atoms with E-state index in [1.54, 1.807) is 0 Å². The molecule has 30 heavy (non-hydrogen) atoms. The number of carbonyl (C=O) groups is 1. The van der Waals surface area contributed by atoms with E-state index in [1.165, 1.54) is 77.7 Å².